The fourth-order valence-corrected chi connectivity index (χ4v) is 0.853. The van der Waals surface area contributed by atoms with Gasteiger partial charge in [-0.15, -0.1) is 5.54 Å². The van der Waals surface area contributed by atoms with Gasteiger partial charge in [0.2, 0.25) is 0 Å². The van der Waals surface area contributed by atoms with Gasteiger partial charge in [-0.2, -0.15) is 5.26 Å². The number of hydrogen-bond donors (Lipinski definition) is 0. The lowest BCUT2D eigenvalue weighted by Crippen LogP contribution is -2.16. The zero-order valence-corrected chi connectivity index (χ0v) is 7.60. The van der Waals surface area contributed by atoms with Gasteiger partial charge < -0.3 is 0 Å². The second kappa shape index (κ2) is 3.93. The molecule has 0 fully saturated rings. The van der Waals surface area contributed by atoms with Crippen LogP contribution in [0.2, 0.25) is 19.6 Å². The molecule has 0 aliphatic carbocycles. The summed E-state index contributed by atoms with van der Waals surface area (Å²) in [5.41, 5.74) is 3.11. The molecule has 1 nitrogen and oxygen atoms in total. The van der Waals surface area contributed by atoms with Crippen LogP contribution < -0.4 is 0 Å². The molecule has 0 aromatic heterocycles. The van der Waals surface area contributed by atoms with E-state index in [9.17, 15) is 0 Å². The van der Waals surface area contributed by atoms with Gasteiger partial charge in [0.25, 0.3) is 0 Å². The second-order valence-electron chi connectivity index (χ2n) is 2.98. The third kappa shape index (κ3) is 7.01. The smallest absolute Gasteiger partial charge is 0.129 e. The molecular weight excluding hydrogens is 138 g/mol. The first kappa shape index (κ1) is 9.01. The summed E-state index contributed by atoms with van der Waals surface area (Å²) in [6.07, 6.45) is 2.99. The Kier molecular flexibility index (Phi) is 3.54. The van der Waals surface area contributed by atoms with Crippen molar-refractivity contribution in [1.29, 1.82) is 5.26 Å². The van der Waals surface area contributed by atoms with Crippen molar-refractivity contribution >= 4 is 8.07 Å². The molecule has 0 bridgehead atoms. The van der Waals surface area contributed by atoms with Gasteiger partial charge >= 0.3 is 0 Å². The quantitative estimate of drug-likeness (QED) is 0.293. The van der Waals surface area contributed by atoms with Crippen LogP contribution in [-0.4, -0.2) is 8.07 Å². The van der Waals surface area contributed by atoms with Crippen molar-refractivity contribution in [3.05, 3.63) is 12.2 Å². The average Bonchev–Trinajstić information content (AvgIpc) is 1.78. The highest BCUT2D eigenvalue weighted by Gasteiger charge is 2.06. The molecule has 52 valence electrons. The van der Waals surface area contributed by atoms with E-state index >= 15 is 0 Å². The maximum atomic E-state index is 8.10. The molecule has 0 N–H and O–H groups in total. The van der Waals surface area contributed by atoms with Gasteiger partial charge in [0.05, 0.1) is 6.07 Å². The van der Waals surface area contributed by atoms with Gasteiger partial charge in [-0.05, 0) is 6.08 Å². The van der Waals surface area contributed by atoms with Gasteiger partial charge in [-0.1, -0.05) is 25.6 Å². The Morgan fingerprint density at radius 2 is 1.80 bits per heavy atom. The van der Waals surface area contributed by atoms with E-state index in [1.807, 2.05) is 6.07 Å². The Morgan fingerprint density at radius 1 is 1.20 bits per heavy atom. The van der Waals surface area contributed by atoms with Crippen molar-refractivity contribution < 1.29 is 0 Å². The van der Waals surface area contributed by atoms with E-state index in [0.29, 0.717) is 0 Å². The molecule has 0 aliphatic rings. The van der Waals surface area contributed by atoms with E-state index in [0.717, 1.165) is 0 Å². The number of rotatable bonds is 0. The van der Waals surface area contributed by atoms with Crippen molar-refractivity contribution in [2.24, 2.45) is 0 Å². The second-order valence-corrected chi connectivity index (χ2v) is 7.73. The van der Waals surface area contributed by atoms with Crippen LogP contribution in [0, 0.1) is 22.8 Å². The Morgan fingerprint density at radius 3 is 2.20 bits per heavy atom. The number of nitrogens with zero attached hydrogens (tertiary/aromatic N) is 1. The van der Waals surface area contributed by atoms with Gasteiger partial charge in [0, 0.05) is 6.08 Å². The van der Waals surface area contributed by atoms with Gasteiger partial charge in [-0.25, -0.2) is 0 Å². The Hall–Kier alpha value is -0.993. The summed E-state index contributed by atoms with van der Waals surface area (Å²) in [5.74, 6) is 2.83. The SMILES string of the molecule is C[Si](C)(C)C#C/C=C/C#N. The molecule has 0 unspecified atom stereocenters. The van der Waals surface area contributed by atoms with Crippen LogP contribution in [-0.2, 0) is 0 Å². The maximum absolute atomic E-state index is 8.10. The molecule has 0 aromatic rings. The lowest BCUT2D eigenvalue weighted by atomic mass is 10.5. The first-order chi connectivity index (χ1) is 4.56. The minimum Gasteiger partial charge on any atom is -0.193 e. The molecule has 0 rings (SSSR count). The first-order valence-corrected chi connectivity index (χ1v) is 6.63. The third-order valence-electron chi connectivity index (χ3n) is 0.688. The monoisotopic (exact) mass is 149 g/mol. The predicted octanol–water partition coefficient (Wildman–Crippen LogP) is 1.95. The molecule has 0 aliphatic heterocycles. The van der Waals surface area contributed by atoms with Crippen LogP contribution in [0.1, 0.15) is 0 Å². The lowest BCUT2D eigenvalue weighted by molar-refractivity contribution is 1.53. The Balaban J connectivity index is 3.97. The molecule has 0 saturated carbocycles. The number of allylic oxidation sites excluding steroid dienone is 2. The average molecular weight is 149 g/mol. The van der Waals surface area contributed by atoms with Crippen molar-refractivity contribution in [3.63, 3.8) is 0 Å². The molecule has 0 saturated heterocycles. The molecule has 0 amide bonds. The van der Waals surface area contributed by atoms with Crippen LogP contribution in [0.15, 0.2) is 12.2 Å². The Bertz CT molecular complexity index is 216. The van der Waals surface area contributed by atoms with E-state index in [2.05, 4.69) is 31.1 Å². The zero-order valence-electron chi connectivity index (χ0n) is 6.60. The van der Waals surface area contributed by atoms with E-state index in [1.54, 1.807) is 6.08 Å². The summed E-state index contributed by atoms with van der Waals surface area (Å²) < 4.78 is 0. The summed E-state index contributed by atoms with van der Waals surface area (Å²) in [4.78, 5) is 0. The number of hydrogen-bond acceptors (Lipinski definition) is 1. The summed E-state index contributed by atoms with van der Waals surface area (Å²) in [5, 5.41) is 8.10. The summed E-state index contributed by atoms with van der Waals surface area (Å²) in [7, 11) is -1.23. The summed E-state index contributed by atoms with van der Waals surface area (Å²) in [6.45, 7) is 6.50. The molecule has 0 radical (unpaired) electrons. The highest BCUT2D eigenvalue weighted by Crippen LogP contribution is 1.95. The largest absolute Gasteiger partial charge is 0.193 e. The van der Waals surface area contributed by atoms with E-state index in [1.165, 1.54) is 6.08 Å². The van der Waals surface area contributed by atoms with Gasteiger partial charge in [0.15, 0.2) is 0 Å². The minimum atomic E-state index is -1.23. The highest BCUT2D eigenvalue weighted by molar-refractivity contribution is 6.83. The fourth-order valence-electron chi connectivity index (χ4n) is 0.337. The van der Waals surface area contributed by atoms with Crippen molar-refractivity contribution in [1.82, 2.24) is 0 Å². The molecule has 0 spiro atoms. The van der Waals surface area contributed by atoms with Crippen LogP contribution in [0.25, 0.3) is 0 Å². The van der Waals surface area contributed by atoms with Crippen molar-refractivity contribution in [3.8, 4) is 17.5 Å². The zero-order chi connectivity index (χ0) is 8.04. The molecular formula is C8H11NSi. The molecule has 0 heterocycles. The highest BCUT2D eigenvalue weighted by atomic mass is 28.3. The molecule has 0 aromatic carbocycles. The minimum absolute atomic E-state index is 1.23. The molecule has 0 atom stereocenters. The lowest BCUT2D eigenvalue weighted by Gasteiger charge is -2.01. The predicted molar refractivity (Wildman–Crippen MR) is 45.9 cm³/mol. The first-order valence-electron chi connectivity index (χ1n) is 3.13. The third-order valence-corrected chi connectivity index (χ3v) is 1.58. The summed E-state index contributed by atoms with van der Waals surface area (Å²) >= 11 is 0. The fraction of sp³-hybridized carbons (Fsp3) is 0.375. The van der Waals surface area contributed by atoms with Crippen molar-refractivity contribution in [2.75, 3.05) is 0 Å². The van der Waals surface area contributed by atoms with Crippen LogP contribution in [0.4, 0.5) is 0 Å². The van der Waals surface area contributed by atoms with Crippen LogP contribution in [0.3, 0.4) is 0 Å². The molecule has 2 heteroatoms. The van der Waals surface area contributed by atoms with E-state index < -0.39 is 8.07 Å². The maximum Gasteiger partial charge on any atom is 0.129 e. The van der Waals surface area contributed by atoms with Crippen LogP contribution in [0.5, 0.6) is 0 Å². The van der Waals surface area contributed by atoms with Crippen LogP contribution >= 0.6 is 0 Å². The Labute approximate surface area is 63.4 Å². The van der Waals surface area contributed by atoms with E-state index in [4.69, 9.17) is 5.26 Å². The number of nitriles is 1. The van der Waals surface area contributed by atoms with E-state index in [-0.39, 0.29) is 0 Å². The van der Waals surface area contributed by atoms with Gasteiger partial charge in [0.1, 0.15) is 8.07 Å². The molecule has 10 heavy (non-hydrogen) atoms. The normalized spacial score (nSPS) is 10.2. The summed E-state index contributed by atoms with van der Waals surface area (Å²) in [6, 6.07) is 1.89. The van der Waals surface area contributed by atoms with Crippen molar-refractivity contribution in [2.45, 2.75) is 19.6 Å². The standard InChI is InChI=1S/C8H11NSi/c1-10(2,3)8-6-4-5-7-9/h4-5H,1-3H3/b5-4+. The van der Waals surface area contributed by atoms with Gasteiger partial charge in [-0.3, -0.25) is 0 Å². The topological polar surface area (TPSA) is 23.8 Å².